The van der Waals surface area contributed by atoms with Gasteiger partial charge in [-0.05, 0) is 87.5 Å². The van der Waals surface area contributed by atoms with E-state index < -0.39 is 0 Å². The highest BCUT2D eigenvalue weighted by Gasteiger charge is 2.43. The minimum absolute atomic E-state index is 0.271. The van der Waals surface area contributed by atoms with Gasteiger partial charge in [0.1, 0.15) is 0 Å². The molecule has 0 aliphatic heterocycles. The average Bonchev–Trinajstić information content (AvgIpc) is 3.33. The smallest absolute Gasteiger partial charge is 0.0304 e. The summed E-state index contributed by atoms with van der Waals surface area (Å²) in [5.41, 5.74) is 6.44. The zero-order chi connectivity index (χ0) is 14.2. The van der Waals surface area contributed by atoms with Crippen LogP contribution in [0.1, 0.15) is 65.2 Å². The maximum absolute atomic E-state index is 6.17. The summed E-state index contributed by atoms with van der Waals surface area (Å²) in [6.45, 7) is 6.84. The van der Waals surface area contributed by atoms with Gasteiger partial charge in [-0.1, -0.05) is 13.8 Å². The van der Waals surface area contributed by atoms with E-state index >= 15 is 0 Å². The van der Waals surface area contributed by atoms with Gasteiger partial charge in [0.2, 0.25) is 0 Å². The Hall–Kier alpha value is -0.0800. The van der Waals surface area contributed by atoms with E-state index in [-0.39, 0.29) is 5.54 Å². The van der Waals surface area contributed by atoms with E-state index in [1.165, 1.54) is 57.9 Å². The molecule has 3 aliphatic rings. The third kappa shape index (κ3) is 3.39. The average molecular weight is 278 g/mol. The molecule has 116 valence electrons. The lowest BCUT2D eigenvalue weighted by atomic mass is 9.72. The van der Waals surface area contributed by atoms with E-state index in [1.807, 2.05) is 0 Å². The summed E-state index contributed by atoms with van der Waals surface area (Å²) in [5, 5.41) is 3.96. The molecule has 2 nitrogen and oxygen atoms in total. The third-order valence-electron chi connectivity index (χ3n) is 6.49. The quantitative estimate of drug-likeness (QED) is 0.747. The van der Waals surface area contributed by atoms with Crippen molar-refractivity contribution in [1.82, 2.24) is 5.32 Å². The summed E-state index contributed by atoms with van der Waals surface area (Å²) < 4.78 is 0. The first-order valence-electron chi connectivity index (χ1n) is 9.08. The number of hydrogen-bond donors (Lipinski definition) is 2. The van der Waals surface area contributed by atoms with Crippen molar-refractivity contribution < 1.29 is 0 Å². The molecule has 0 unspecified atom stereocenters. The van der Waals surface area contributed by atoms with Crippen molar-refractivity contribution in [3.8, 4) is 0 Å². The highest BCUT2D eigenvalue weighted by molar-refractivity contribution is 4.98. The van der Waals surface area contributed by atoms with Crippen LogP contribution in [0, 0.1) is 29.6 Å². The van der Waals surface area contributed by atoms with Gasteiger partial charge in [-0.25, -0.2) is 0 Å². The molecule has 0 spiro atoms. The van der Waals surface area contributed by atoms with Crippen LogP contribution in [0.5, 0.6) is 0 Å². The van der Waals surface area contributed by atoms with Crippen LogP contribution in [-0.4, -0.2) is 18.6 Å². The zero-order valence-corrected chi connectivity index (χ0v) is 13.5. The number of nitrogens with one attached hydrogen (secondary N) is 1. The first kappa shape index (κ1) is 14.8. The van der Waals surface area contributed by atoms with Crippen molar-refractivity contribution in [2.24, 2.45) is 35.3 Å². The Morgan fingerprint density at radius 2 is 1.50 bits per heavy atom. The molecular weight excluding hydrogens is 244 g/mol. The maximum atomic E-state index is 6.17. The van der Waals surface area contributed by atoms with Crippen LogP contribution in [-0.2, 0) is 0 Å². The molecule has 3 N–H and O–H groups in total. The summed E-state index contributed by atoms with van der Waals surface area (Å²) in [4.78, 5) is 0. The van der Waals surface area contributed by atoms with Gasteiger partial charge in [-0.15, -0.1) is 0 Å². The highest BCUT2D eigenvalue weighted by Crippen LogP contribution is 2.49. The molecule has 2 heteroatoms. The van der Waals surface area contributed by atoms with Crippen molar-refractivity contribution in [1.29, 1.82) is 0 Å². The van der Waals surface area contributed by atoms with Gasteiger partial charge in [0.25, 0.3) is 0 Å². The van der Waals surface area contributed by atoms with Crippen LogP contribution in [0.3, 0.4) is 0 Å². The monoisotopic (exact) mass is 278 g/mol. The van der Waals surface area contributed by atoms with Gasteiger partial charge in [-0.2, -0.15) is 0 Å². The van der Waals surface area contributed by atoms with Crippen molar-refractivity contribution >= 4 is 0 Å². The Balaban J connectivity index is 1.51. The highest BCUT2D eigenvalue weighted by atomic mass is 15.0. The maximum Gasteiger partial charge on any atom is 0.0304 e. The van der Waals surface area contributed by atoms with E-state index in [9.17, 15) is 0 Å². The normalized spacial score (nSPS) is 35.0. The number of nitrogens with two attached hydrogens (primary N) is 1. The van der Waals surface area contributed by atoms with Crippen molar-refractivity contribution in [2.45, 2.75) is 70.8 Å². The van der Waals surface area contributed by atoms with Crippen LogP contribution >= 0.6 is 0 Å². The lowest BCUT2D eigenvalue weighted by Gasteiger charge is -2.42. The molecule has 0 radical (unpaired) electrons. The molecule has 3 rings (SSSR count). The summed E-state index contributed by atoms with van der Waals surface area (Å²) in [5.74, 6) is 4.85. The van der Waals surface area contributed by atoms with E-state index in [0.717, 1.165) is 36.1 Å². The Bertz CT molecular complexity index is 297. The predicted octanol–water partition coefficient (Wildman–Crippen LogP) is 3.56. The van der Waals surface area contributed by atoms with Gasteiger partial charge >= 0.3 is 0 Å². The predicted molar refractivity (Wildman–Crippen MR) is 85.5 cm³/mol. The van der Waals surface area contributed by atoms with Crippen LogP contribution in [0.25, 0.3) is 0 Å². The molecule has 3 saturated carbocycles. The lowest BCUT2D eigenvalue weighted by Crippen LogP contribution is -2.55. The minimum Gasteiger partial charge on any atom is -0.329 e. The molecule has 0 bridgehead atoms. The van der Waals surface area contributed by atoms with Crippen molar-refractivity contribution in [3.05, 3.63) is 0 Å². The van der Waals surface area contributed by atoms with Crippen LogP contribution in [0.15, 0.2) is 0 Å². The summed E-state index contributed by atoms with van der Waals surface area (Å²) in [7, 11) is 0. The van der Waals surface area contributed by atoms with E-state index in [4.69, 9.17) is 5.73 Å². The topological polar surface area (TPSA) is 38.0 Å². The Morgan fingerprint density at radius 3 is 1.90 bits per heavy atom. The summed E-state index contributed by atoms with van der Waals surface area (Å²) in [6, 6.07) is 0. The molecule has 0 aromatic heterocycles. The van der Waals surface area contributed by atoms with Gasteiger partial charge in [0, 0.05) is 12.1 Å². The number of rotatable bonds is 7. The van der Waals surface area contributed by atoms with Crippen molar-refractivity contribution in [2.75, 3.05) is 13.1 Å². The third-order valence-corrected chi connectivity index (χ3v) is 6.49. The second-order valence-corrected chi connectivity index (χ2v) is 8.29. The van der Waals surface area contributed by atoms with Gasteiger partial charge in [0.15, 0.2) is 0 Å². The molecular formula is C18H34N2. The Morgan fingerprint density at radius 1 is 0.950 bits per heavy atom. The summed E-state index contributed by atoms with van der Waals surface area (Å²) >= 11 is 0. The second-order valence-electron chi connectivity index (χ2n) is 8.29. The standard InChI is InChI=1S/C18H34N2/c1-13(2)14-7-9-18(12-19,10-8-14)20-11-17(15-3-4-15)16-5-6-16/h13-17,20H,3-12,19H2,1-2H3. The minimum atomic E-state index is 0.271. The van der Waals surface area contributed by atoms with E-state index in [2.05, 4.69) is 19.2 Å². The Kier molecular flexibility index (Phi) is 4.42. The van der Waals surface area contributed by atoms with Crippen LogP contribution in [0.4, 0.5) is 0 Å². The molecule has 0 amide bonds. The number of hydrogen-bond acceptors (Lipinski definition) is 2. The van der Waals surface area contributed by atoms with Crippen LogP contribution < -0.4 is 11.1 Å². The molecule has 0 aromatic rings. The van der Waals surface area contributed by atoms with E-state index in [0.29, 0.717) is 0 Å². The lowest BCUT2D eigenvalue weighted by molar-refractivity contribution is 0.156. The molecule has 0 aromatic carbocycles. The second kappa shape index (κ2) is 5.96. The largest absolute Gasteiger partial charge is 0.329 e. The van der Waals surface area contributed by atoms with Gasteiger partial charge in [-0.3, -0.25) is 0 Å². The van der Waals surface area contributed by atoms with Crippen molar-refractivity contribution in [3.63, 3.8) is 0 Å². The Labute approximate surface area is 125 Å². The fourth-order valence-electron chi connectivity index (χ4n) is 4.41. The van der Waals surface area contributed by atoms with Crippen LogP contribution in [0.2, 0.25) is 0 Å². The first-order chi connectivity index (χ1) is 9.63. The molecule has 20 heavy (non-hydrogen) atoms. The molecule has 0 saturated heterocycles. The summed E-state index contributed by atoms with van der Waals surface area (Å²) in [6.07, 6.45) is 11.3. The fourth-order valence-corrected chi connectivity index (χ4v) is 4.41. The molecule has 3 aliphatic carbocycles. The zero-order valence-electron chi connectivity index (χ0n) is 13.5. The molecule has 0 heterocycles. The molecule has 3 fully saturated rings. The van der Waals surface area contributed by atoms with E-state index in [1.54, 1.807) is 0 Å². The molecule has 0 atom stereocenters. The van der Waals surface area contributed by atoms with Gasteiger partial charge in [0.05, 0.1) is 0 Å². The fraction of sp³-hybridized carbons (Fsp3) is 1.00. The first-order valence-corrected chi connectivity index (χ1v) is 9.08. The van der Waals surface area contributed by atoms with Gasteiger partial charge < -0.3 is 11.1 Å². The SMILES string of the molecule is CC(C)C1CCC(CN)(NCC(C2CC2)C2CC2)CC1.